The summed E-state index contributed by atoms with van der Waals surface area (Å²) < 4.78 is 0. The van der Waals surface area contributed by atoms with Crippen LogP contribution >= 0.6 is 35.0 Å². The van der Waals surface area contributed by atoms with Crippen LogP contribution in [0.4, 0.5) is 0 Å². The smallest absolute Gasteiger partial charge is 0.0960 e. The fourth-order valence-electron chi connectivity index (χ4n) is 1.32. The van der Waals surface area contributed by atoms with E-state index in [1.807, 2.05) is 19.1 Å². The number of hydrogen-bond acceptors (Lipinski definition) is 3. The number of rotatable bonds is 6. The van der Waals surface area contributed by atoms with Crippen molar-refractivity contribution in [1.29, 1.82) is 5.26 Å². The molecule has 0 saturated heterocycles. The second kappa shape index (κ2) is 7.84. The quantitative estimate of drug-likeness (QED) is 0.805. The van der Waals surface area contributed by atoms with Crippen LogP contribution in [-0.2, 0) is 0 Å². The van der Waals surface area contributed by atoms with Crippen LogP contribution in [0.5, 0.6) is 0 Å². The minimum Gasteiger partial charge on any atom is -0.302 e. The van der Waals surface area contributed by atoms with E-state index in [0.717, 1.165) is 23.6 Å². The molecule has 0 aliphatic heterocycles. The summed E-state index contributed by atoms with van der Waals surface area (Å²) in [7, 11) is 0. The molecule has 0 radical (unpaired) electrons. The second-order valence-corrected chi connectivity index (χ2v) is 5.44. The van der Waals surface area contributed by atoms with Crippen LogP contribution in [0.15, 0.2) is 23.1 Å². The van der Waals surface area contributed by atoms with Gasteiger partial charge in [0.1, 0.15) is 0 Å². The molecule has 92 valence electrons. The van der Waals surface area contributed by atoms with Gasteiger partial charge in [0.2, 0.25) is 0 Å². The Kier molecular flexibility index (Phi) is 6.76. The summed E-state index contributed by atoms with van der Waals surface area (Å²) in [5.41, 5.74) is 0. The molecule has 1 aromatic carbocycles. The Morgan fingerprint density at radius 2 is 2.18 bits per heavy atom. The number of nitriles is 1. The van der Waals surface area contributed by atoms with Gasteiger partial charge in [-0.05, 0) is 31.2 Å². The first kappa shape index (κ1) is 14.7. The fraction of sp³-hybridized carbons (Fsp3) is 0.417. The Bertz CT molecular complexity index is 404. The Morgan fingerprint density at radius 3 is 2.76 bits per heavy atom. The van der Waals surface area contributed by atoms with Crippen molar-refractivity contribution in [3.8, 4) is 6.07 Å². The summed E-state index contributed by atoms with van der Waals surface area (Å²) in [5.74, 6) is 0.878. The van der Waals surface area contributed by atoms with Crippen molar-refractivity contribution >= 4 is 35.0 Å². The lowest BCUT2D eigenvalue weighted by molar-refractivity contribution is 0.613. The average Bonchev–Trinajstić information content (AvgIpc) is 2.32. The molecule has 0 saturated carbocycles. The van der Waals surface area contributed by atoms with Gasteiger partial charge in [0.05, 0.1) is 22.2 Å². The van der Waals surface area contributed by atoms with E-state index in [9.17, 15) is 0 Å². The minimum atomic E-state index is -0.0738. The van der Waals surface area contributed by atoms with Gasteiger partial charge in [-0.25, -0.2) is 0 Å². The molecule has 1 unspecified atom stereocenters. The van der Waals surface area contributed by atoms with Crippen molar-refractivity contribution < 1.29 is 0 Å². The molecule has 2 nitrogen and oxygen atoms in total. The number of nitrogens with one attached hydrogen (secondary N) is 1. The van der Waals surface area contributed by atoms with Crippen LogP contribution in [0, 0.1) is 11.3 Å². The van der Waals surface area contributed by atoms with E-state index >= 15 is 0 Å². The van der Waals surface area contributed by atoms with Crippen molar-refractivity contribution in [2.24, 2.45) is 0 Å². The molecule has 1 N–H and O–H groups in total. The molecule has 0 aliphatic carbocycles. The molecule has 0 aliphatic rings. The van der Waals surface area contributed by atoms with Gasteiger partial charge in [-0.15, -0.1) is 11.8 Å². The van der Waals surface area contributed by atoms with Crippen LogP contribution in [0.2, 0.25) is 10.0 Å². The van der Waals surface area contributed by atoms with Crippen molar-refractivity contribution in [2.75, 3.05) is 12.3 Å². The molecule has 0 aromatic heterocycles. The molecule has 5 heteroatoms. The summed E-state index contributed by atoms with van der Waals surface area (Å²) in [6, 6.07) is 7.74. The summed E-state index contributed by atoms with van der Waals surface area (Å²) >= 11 is 13.4. The zero-order chi connectivity index (χ0) is 12.7. The first-order valence-corrected chi connectivity index (χ1v) is 7.12. The Labute approximate surface area is 116 Å². The van der Waals surface area contributed by atoms with E-state index in [-0.39, 0.29) is 6.04 Å². The van der Waals surface area contributed by atoms with Crippen molar-refractivity contribution in [3.63, 3.8) is 0 Å². The van der Waals surface area contributed by atoms with Crippen LogP contribution < -0.4 is 5.32 Å². The topological polar surface area (TPSA) is 35.8 Å². The third kappa shape index (κ3) is 5.18. The molecule has 0 spiro atoms. The highest BCUT2D eigenvalue weighted by Crippen LogP contribution is 2.28. The van der Waals surface area contributed by atoms with Crippen molar-refractivity contribution in [3.05, 3.63) is 28.2 Å². The molecule has 1 aromatic rings. The fourth-order valence-corrected chi connectivity index (χ4v) is 2.64. The van der Waals surface area contributed by atoms with Crippen LogP contribution in [0.1, 0.15) is 13.3 Å². The summed E-state index contributed by atoms with van der Waals surface area (Å²) in [5, 5.41) is 13.1. The number of nitrogens with zero attached hydrogens (tertiary/aromatic N) is 1. The minimum absolute atomic E-state index is 0.0738. The number of hydrogen-bond donors (Lipinski definition) is 1. The van der Waals surface area contributed by atoms with Gasteiger partial charge in [0, 0.05) is 10.6 Å². The first-order valence-electron chi connectivity index (χ1n) is 5.38. The Hall–Kier alpha value is -0.400. The highest BCUT2D eigenvalue weighted by atomic mass is 35.5. The normalized spacial score (nSPS) is 12.1. The molecular formula is C12H14Cl2N2S. The molecule has 0 heterocycles. The van der Waals surface area contributed by atoms with Gasteiger partial charge in [-0.1, -0.05) is 30.1 Å². The lowest BCUT2D eigenvalue weighted by atomic mass is 10.2. The van der Waals surface area contributed by atoms with Crippen LogP contribution in [0.25, 0.3) is 0 Å². The standard InChI is InChI=1S/C12H14Cl2N2S/c1-2-16-9(8-15)5-6-17-10-3-4-11(13)12(14)7-10/h3-4,7,9,16H,2,5-6H2,1H3. The third-order valence-electron chi connectivity index (χ3n) is 2.17. The molecular weight excluding hydrogens is 275 g/mol. The molecule has 17 heavy (non-hydrogen) atoms. The first-order chi connectivity index (χ1) is 8.17. The van der Waals surface area contributed by atoms with Crippen molar-refractivity contribution in [2.45, 2.75) is 24.3 Å². The summed E-state index contributed by atoms with van der Waals surface area (Å²) in [6.07, 6.45) is 0.815. The van der Waals surface area contributed by atoms with E-state index < -0.39 is 0 Å². The van der Waals surface area contributed by atoms with Gasteiger partial charge in [-0.2, -0.15) is 5.26 Å². The third-order valence-corrected chi connectivity index (χ3v) is 3.94. The van der Waals surface area contributed by atoms with Gasteiger partial charge in [0.25, 0.3) is 0 Å². The number of benzene rings is 1. The van der Waals surface area contributed by atoms with Gasteiger partial charge >= 0.3 is 0 Å². The van der Waals surface area contributed by atoms with E-state index in [2.05, 4.69) is 11.4 Å². The molecule has 1 atom stereocenters. The molecule has 0 bridgehead atoms. The van der Waals surface area contributed by atoms with E-state index in [1.54, 1.807) is 17.8 Å². The maximum Gasteiger partial charge on any atom is 0.0960 e. The maximum absolute atomic E-state index is 8.87. The van der Waals surface area contributed by atoms with E-state index in [4.69, 9.17) is 28.5 Å². The predicted molar refractivity (Wildman–Crippen MR) is 74.9 cm³/mol. The van der Waals surface area contributed by atoms with Gasteiger partial charge < -0.3 is 5.32 Å². The number of thioether (sulfide) groups is 1. The monoisotopic (exact) mass is 288 g/mol. The largest absolute Gasteiger partial charge is 0.302 e. The molecule has 0 amide bonds. The van der Waals surface area contributed by atoms with Crippen molar-refractivity contribution in [1.82, 2.24) is 5.32 Å². The van der Waals surface area contributed by atoms with E-state index in [1.165, 1.54) is 0 Å². The zero-order valence-corrected chi connectivity index (χ0v) is 11.9. The molecule has 1 rings (SSSR count). The van der Waals surface area contributed by atoms with Crippen LogP contribution in [-0.4, -0.2) is 18.3 Å². The second-order valence-electron chi connectivity index (χ2n) is 3.45. The van der Waals surface area contributed by atoms with Gasteiger partial charge in [-0.3, -0.25) is 0 Å². The zero-order valence-electron chi connectivity index (χ0n) is 9.54. The Morgan fingerprint density at radius 1 is 1.41 bits per heavy atom. The Balaban J connectivity index is 2.40. The van der Waals surface area contributed by atoms with E-state index in [0.29, 0.717) is 10.0 Å². The summed E-state index contributed by atoms with van der Waals surface area (Å²) in [4.78, 5) is 1.08. The maximum atomic E-state index is 8.87. The van der Waals surface area contributed by atoms with Gasteiger partial charge in [0.15, 0.2) is 0 Å². The number of halogens is 2. The predicted octanol–water partition coefficient (Wildman–Crippen LogP) is 3.98. The highest BCUT2D eigenvalue weighted by Gasteiger charge is 2.06. The average molecular weight is 289 g/mol. The highest BCUT2D eigenvalue weighted by molar-refractivity contribution is 7.99. The van der Waals surface area contributed by atoms with Crippen LogP contribution in [0.3, 0.4) is 0 Å². The molecule has 0 fully saturated rings. The lowest BCUT2D eigenvalue weighted by Gasteiger charge is -2.09. The lowest BCUT2D eigenvalue weighted by Crippen LogP contribution is -2.27. The SMILES string of the molecule is CCNC(C#N)CCSc1ccc(Cl)c(Cl)c1. The summed E-state index contributed by atoms with van der Waals surface area (Å²) in [6.45, 7) is 2.81.